The quantitative estimate of drug-likeness (QED) is 0.478. The molecule has 0 atom stereocenters. The maximum atomic E-state index is 6.21. The molecule has 0 fully saturated rings. The Bertz CT molecular complexity index is 953. The maximum absolute atomic E-state index is 6.21. The highest BCUT2D eigenvalue weighted by molar-refractivity contribution is 6.00. The zero-order valence-electron chi connectivity index (χ0n) is 14.7. The molecule has 26 heavy (non-hydrogen) atoms. The summed E-state index contributed by atoms with van der Waals surface area (Å²) in [4.78, 5) is 2.42. The van der Waals surface area contributed by atoms with E-state index in [1.165, 1.54) is 22.2 Å². The van der Waals surface area contributed by atoms with Crippen molar-refractivity contribution in [3.63, 3.8) is 0 Å². The Balaban J connectivity index is 1.78. The fraction of sp³-hybridized carbons (Fsp3) is 0.0833. The monoisotopic (exact) mass is 338 g/mol. The fourth-order valence-corrected chi connectivity index (χ4v) is 3.43. The number of fused-ring (bicyclic) bond motifs is 1. The van der Waals surface area contributed by atoms with Crippen LogP contribution in [0.2, 0.25) is 0 Å². The van der Waals surface area contributed by atoms with E-state index in [4.69, 9.17) is 5.73 Å². The van der Waals surface area contributed by atoms with Crippen LogP contribution in [0.1, 0.15) is 11.1 Å². The van der Waals surface area contributed by atoms with Gasteiger partial charge < -0.3 is 10.6 Å². The van der Waals surface area contributed by atoms with Gasteiger partial charge in [0.05, 0.1) is 0 Å². The molecule has 0 aromatic heterocycles. The van der Waals surface area contributed by atoms with Crippen molar-refractivity contribution in [1.29, 1.82) is 0 Å². The normalized spacial score (nSPS) is 10.8. The second kappa shape index (κ2) is 7.32. The highest BCUT2D eigenvalue weighted by Crippen LogP contribution is 2.32. The van der Waals surface area contributed by atoms with Crippen LogP contribution in [0.5, 0.6) is 0 Å². The predicted octanol–water partition coefficient (Wildman–Crippen LogP) is 5.63. The molecule has 0 unspecified atom stereocenters. The fourth-order valence-electron chi connectivity index (χ4n) is 3.43. The van der Waals surface area contributed by atoms with Gasteiger partial charge in [0.1, 0.15) is 0 Å². The number of rotatable bonds is 5. The molecule has 0 aliphatic rings. The smallest absolute Gasteiger partial charge is 0.0452 e. The zero-order chi connectivity index (χ0) is 17.8. The Morgan fingerprint density at radius 2 is 1.08 bits per heavy atom. The summed E-state index contributed by atoms with van der Waals surface area (Å²) in [6, 6.07) is 33.7. The number of nitrogens with zero attached hydrogens (tertiary/aromatic N) is 1. The van der Waals surface area contributed by atoms with E-state index in [1.807, 2.05) is 12.1 Å². The van der Waals surface area contributed by atoms with E-state index in [9.17, 15) is 0 Å². The third-order valence-corrected chi connectivity index (χ3v) is 4.71. The van der Waals surface area contributed by atoms with Crippen molar-refractivity contribution >= 4 is 22.1 Å². The molecule has 2 nitrogen and oxygen atoms in total. The van der Waals surface area contributed by atoms with Crippen LogP contribution in [-0.4, -0.2) is 0 Å². The predicted molar refractivity (Wildman–Crippen MR) is 111 cm³/mol. The number of hydrogen-bond acceptors (Lipinski definition) is 2. The largest absolute Gasteiger partial charge is 0.398 e. The highest BCUT2D eigenvalue weighted by Gasteiger charge is 2.12. The van der Waals surface area contributed by atoms with Gasteiger partial charge in [0.25, 0.3) is 0 Å². The lowest BCUT2D eigenvalue weighted by Gasteiger charge is -2.27. The van der Waals surface area contributed by atoms with Crippen LogP contribution in [0.15, 0.2) is 97.1 Å². The molecule has 0 heterocycles. The van der Waals surface area contributed by atoms with Crippen molar-refractivity contribution in [3.8, 4) is 0 Å². The lowest BCUT2D eigenvalue weighted by atomic mass is 10.0. The van der Waals surface area contributed by atoms with Crippen molar-refractivity contribution in [2.45, 2.75) is 13.1 Å². The third-order valence-electron chi connectivity index (χ3n) is 4.71. The van der Waals surface area contributed by atoms with Gasteiger partial charge in [-0.3, -0.25) is 0 Å². The lowest BCUT2D eigenvalue weighted by Crippen LogP contribution is -2.22. The maximum Gasteiger partial charge on any atom is 0.0452 e. The van der Waals surface area contributed by atoms with Gasteiger partial charge in [-0.2, -0.15) is 0 Å². The van der Waals surface area contributed by atoms with Crippen LogP contribution in [0.25, 0.3) is 10.8 Å². The summed E-state index contributed by atoms with van der Waals surface area (Å²) in [6.45, 7) is 1.70. The van der Waals surface area contributed by atoms with Crippen LogP contribution < -0.4 is 10.6 Å². The zero-order valence-corrected chi connectivity index (χ0v) is 14.7. The molecule has 0 aliphatic heterocycles. The van der Waals surface area contributed by atoms with Gasteiger partial charge in [0.2, 0.25) is 0 Å². The summed E-state index contributed by atoms with van der Waals surface area (Å²) in [7, 11) is 0. The van der Waals surface area contributed by atoms with Crippen molar-refractivity contribution in [1.82, 2.24) is 0 Å². The molecule has 0 aliphatic carbocycles. The van der Waals surface area contributed by atoms with Gasteiger partial charge in [-0.05, 0) is 23.3 Å². The topological polar surface area (TPSA) is 29.3 Å². The molecule has 4 aromatic rings. The van der Waals surface area contributed by atoms with E-state index in [0.717, 1.165) is 24.2 Å². The van der Waals surface area contributed by atoms with E-state index < -0.39 is 0 Å². The molecule has 4 rings (SSSR count). The molecular weight excluding hydrogens is 316 g/mol. The summed E-state index contributed by atoms with van der Waals surface area (Å²) in [5, 5.41) is 2.30. The minimum Gasteiger partial charge on any atom is -0.398 e. The van der Waals surface area contributed by atoms with E-state index in [0.29, 0.717) is 0 Å². The molecule has 0 bridgehead atoms. The van der Waals surface area contributed by atoms with Crippen LogP contribution in [0.3, 0.4) is 0 Å². The van der Waals surface area contributed by atoms with Crippen LogP contribution in [0, 0.1) is 0 Å². The Morgan fingerprint density at radius 3 is 1.69 bits per heavy atom. The van der Waals surface area contributed by atoms with Gasteiger partial charge >= 0.3 is 0 Å². The average Bonchev–Trinajstić information content (AvgIpc) is 2.69. The minimum absolute atomic E-state index is 0.823. The first-order chi connectivity index (χ1) is 12.8. The highest BCUT2D eigenvalue weighted by atomic mass is 15.1. The molecule has 2 N–H and O–H groups in total. The second-order valence-electron chi connectivity index (χ2n) is 6.55. The molecule has 2 heteroatoms. The van der Waals surface area contributed by atoms with Crippen molar-refractivity contribution in [2.24, 2.45) is 0 Å². The second-order valence-corrected chi connectivity index (χ2v) is 6.55. The Morgan fingerprint density at radius 1 is 0.538 bits per heavy atom. The standard InChI is InChI=1S/C24H22N2/c25-23-15-7-14-22-21(23)13-8-16-24(22)26(17-19-9-3-1-4-10-19)18-20-11-5-2-6-12-20/h1-16H,17-18,25H2. The Kier molecular flexibility index (Phi) is 4.57. The van der Waals surface area contributed by atoms with Crippen LogP contribution in [-0.2, 0) is 13.1 Å². The van der Waals surface area contributed by atoms with Crippen molar-refractivity contribution < 1.29 is 0 Å². The summed E-state index contributed by atoms with van der Waals surface area (Å²) in [6.07, 6.45) is 0. The lowest BCUT2D eigenvalue weighted by molar-refractivity contribution is 0.804. The van der Waals surface area contributed by atoms with Gasteiger partial charge in [-0.1, -0.05) is 84.9 Å². The van der Waals surface area contributed by atoms with Gasteiger partial charge in [0, 0.05) is 35.2 Å². The summed E-state index contributed by atoms with van der Waals surface area (Å²) in [5.74, 6) is 0. The first-order valence-corrected chi connectivity index (χ1v) is 8.91. The first kappa shape index (κ1) is 16.2. The third kappa shape index (κ3) is 3.40. The molecule has 0 radical (unpaired) electrons. The molecular formula is C24H22N2. The summed E-state index contributed by atoms with van der Waals surface area (Å²) in [5.41, 5.74) is 10.8. The van der Waals surface area contributed by atoms with Crippen molar-refractivity contribution in [2.75, 3.05) is 10.6 Å². The molecule has 4 aromatic carbocycles. The number of nitrogens with two attached hydrogens (primary N) is 1. The summed E-state index contributed by atoms with van der Waals surface area (Å²) < 4.78 is 0. The number of nitrogen functional groups attached to an aromatic ring is 1. The SMILES string of the molecule is Nc1cccc2c(N(Cc3ccccc3)Cc3ccccc3)cccc12. The number of hydrogen-bond donors (Lipinski definition) is 1. The van der Waals surface area contributed by atoms with Crippen LogP contribution >= 0.6 is 0 Å². The molecule has 128 valence electrons. The van der Waals surface area contributed by atoms with E-state index >= 15 is 0 Å². The van der Waals surface area contributed by atoms with E-state index in [-0.39, 0.29) is 0 Å². The molecule has 0 amide bonds. The van der Waals surface area contributed by atoms with Gasteiger partial charge in [-0.25, -0.2) is 0 Å². The number of anilines is 2. The van der Waals surface area contributed by atoms with E-state index in [1.54, 1.807) is 0 Å². The first-order valence-electron chi connectivity index (χ1n) is 8.91. The van der Waals surface area contributed by atoms with Gasteiger partial charge in [0.15, 0.2) is 0 Å². The molecule has 0 saturated carbocycles. The van der Waals surface area contributed by atoms with Gasteiger partial charge in [-0.15, -0.1) is 0 Å². The van der Waals surface area contributed by atoms with E-state index in [2.05, 4.69) is 89.8 Å². The Hall–Kier alpha value is -3.26. The molecule has 0 spiro atoms. The summed E-state index contributed by atoms with van der Waals surface area (Å²) >= 11 is 0. The Labute approximate surface area is 154 Å². The average molecular weight is 338 g/mol. The molecule has 0 saturated heterocycles. The van der Waals surface area contributed by atoms with Crippen LogP contribution in [0.4, 0.5) is 11.4 Å². The number of benzene rings is 4. The van der Waals surface area contributed by atoms with Crippen molar-refractivity contribution in [3.05, 3.63) is 108 Å². The minimum atomic E-state index is 0.823.